The van der Waals surface area contributed by atoms with Crippen LogP contribution in [0.2, 0.25) is 0 Å². The molecule has 0 aliphatic carbocycles. The molecule has 8 heteroatoms. The second kappa shape index (κ2) is 8.45. The van der Waals surface area contributed by atoms with Crippen molar-refractivity contribution in [3.63, 3.8) is 0 Å². The lowest BCUT2D eigenvalue weighted by molar-refractivity contribution is 0.0771. The number of carbonyl (C=O) groups excluding carboxylic acids is 1. The molecule has 2 aromatic heterocycles. The van der Waals surface area contributed by atoms with Crippen molar-refractivity contribution in [1.82, 2.24) is 14.9 Å². The molecule has 150 valence electrons. The van der Waals surface area contributed by atoms with E-state index in [0.717, 1.165) is 80.3 Å². The van der Waals surface area contributed by atoms with Crippen LogP contribution in [0.4, 0.5) is 10.8 Å². The van der Waals surface area contributed by atoms with Gasteiger partial charge in [-0.25, -0.2) is 4.98 Å². The summed E-state index contributed by atoms with van der Waals surface area (Å²) in [5.74, 6) is 0.113. The Morgan fingerprint density at radius 2 is 1.89 bits per heavy atom. The maximum absolute atomic E-state index is 13.2. The molecular formula is C20H27N5O2S. The Hall–Kier alpha value is -2.19. The molecule has 2 aliphatic heterocycles. The third-order valence-corrected chi connectivity index (χ3v) is 6.50. The van der Waals surface area contributed by atoms with E-state index >= 15 is 0 Å². The molecule has 0 unspecified atom stereocenters. The fourth-order valence-electron chi connectivity index (χ4n) is 3.72. The van der Waals surface area contributed by atoms with Gasteiger partial charge in [0.2, 0.25) is 0 Å². The van der Waals surface area contributed by atoms with E-state index in [2.05, 4.69) is 25.8 Å². The number of thiazole rings is 1. The third kappa shape index (κ3) is 4.12. The fraction of sp³-hybridized carbons (Fsp3) is 0.550. The number of aryl methyl sites for hydroxylation is 2. The van der Waals surface area contributed by atoms with Crippen LogP contribution in [-0.2, 0) is 4.74 Å². The van der Waals surface area contributed by atoms with Crippen LogP contribution in [0.25, 0.3) is 0 Å². The maximum atomic E-state index is 13.2. The predicted octanol–water partition coefficient (Wildman–Crippen LogP) is 2.34. The first-order valence-corrected chi connectivity index (χ1v) is 10.7. The standard InChI is InChI=1S/C20H27N5O2S/c1-15-14-17(4-5-21-15)23-6-3-7-24(9-8-23)19(26)18-16(2)22-20(28-18)25-10-12-27-13-11-25/h4-5,14H,3,6-13H2,1-2H3. The molecule has 28 heavy (non-hydrogen) atoms. The molecule has 2 fully saturated rings. The van der Waals surface area contributed by atoms with Crippen LogP contribution in [-0.4, -0.2) is 73.3 Å². The van der Waals surface area contributed by atoms with Crippen molar-refractivity contribution in [1.29, 1.82) is 0 Å². The molecule has 2 aliphatic rings. The van der Waals surface area contributed by atoms with Crippen molar-refractivity contribution in [2.75, 3.05) is 62.3 Å². The van der Waals surface area contributed by atoms with Gasteiger partial charge in [-0.1, -0.05) is 11.3 Å². The highest BCUT2D eigenvalue weighted by atomic mass is 32.1. The molecule has 4 rings (SSSR count). The lowest BCUT2D eigenvalue weighted by atomic mass is 10.3. The predicted molar refractivity (Wildman–Crippen MR) is 112 cm³/mol. The SMILES string of the molecule is Cc1cc(N2CCCN(C(=O)c3sc(N4CCOCC4)nc3C)CC2)ccn1. The molecular weight excluding hydrogens is 374 g/mol. The average Bonchev–Trinajstić information content (AvgIpc) is 2.94. The molecule has 0 bridgehead atoms. The van der Waals surface area contributed by atoms with E-state index in [-0.39, 0.29) is 5.91 Å². The second-order valence-corrected chi connectivity index (χ2v) is 8.28. The van der Waals surface area contributed by atoms with Crippen LogP contribution >= 0.6 is 11.3 Å². The van der Waals surface area contributed by atoms with Gasteiger partial charge in [0.05, 0.1) is 18.9 Å². The van der Waals surface area contributed by atoms with Crippen molar-refractivity contribution in [3.05, 3.63) is 34.6 Å². The van der Waals surface area contributed by atoms with Crippen LogP contribution in [0.1, 0.15) is 27.5 Å². The molecule has 2 saturated heterocycles. The zero-order valence-corrected chi connectivity index (χ0v) is 17.4. The summed E-state index contributed by atoms with van der Waals surface area (Å²) in [5, 5.41) is 0.938. The number of hydrogen-bond donors (Lipinski definition) is 0. The molecule has 4 heterocycles. The normalized spacial score (nSPS) is 18.3. The highest BCUT2D eigenvalue weighted by molar-refractivity contribution is 7.17. The quantitative estimate of drug-likeness (QED) is 0.787. The number of amides is 1. The molecule has 0 atom stereocenters. The number of rotatable bonds is 3. The summed E-state index contributed by atoms with van der Waals surface area (Å²) in [5.41, 5.74) is 3.04. The van der Waals surface area contributed by atoms with E-state index in [4.69, 9.17) is 4.74 Å². The molecule has 0 spiro atoms. The molecule has 0 radical (unpaired) electrons. The van der Waals surface area contributed by atoms with E-state index in [1.807, 2.05) is 31.0 Å². The van der Waals surface area contributed by atoms with Crippen LogP contribution in [0, 0.1) is 13.8 Å². The number of ether oxygens (including phenoxy) is 1. The Balaban J connectivity index is 1.44. The smallest absolute Gasteiger partial charge is 0.265 e. The van der Waals surface area contributed by atoms with Crippen molar-refractivity contribution in [3.8, 4) is 0 Å². The van der Waals surface area contributed by atoms with E-state index in [9.17, 15) is 4.79 Å². The summed E-state index contributed by atoms with van der Waals surface area (Å²) in [6.45, 7) is 10.4. The third-order valence-electron chi connectivity index (χ3n) is 5.29. The summed E-state index contributed by atoms with van der Waals surface area (Å²) in [7, 11) is 0. The second-order valence-electron chi connectivity index (χ2n) is 7.30. The monoisotopic (exact) mass is 401 g/mol. The largest absolute Gasteiger partial charge is 0.378 e. The summed E-state index contributed by atoms with van der Waals surface area (Å²) in [6.07, 6.45) is 2.81. The maximum Gasteiger partial charge on any atom is 0.265 e. The highest BCUT2D eigenvalue weighted by Gasteiger charge is 2.26. The minimum Gasteiger partial charge on any atom is -0.378 e. The highest BCUT2D eigenvalue weighted by Crippen LogP contribution is 2.28. The van der Waals surface area contributed by atoms with Crippen molar-refractivity contribution < 1.29 is 9.53 Å². The van der Waals surface area contributed by atoms with E-state index < -0.39 is 0 Å². The van der Waals surface area contributed by atoms with Gasteiger partial charge in [-0.3, -0.25) is 9.78 Å². The number of pyridine rings is 1. The van der Waals surface area contributed by atoms with Gasteiger partial charge in [0.1, 0.15) is 4.88 Å². The molecule has 0 saturated carbocycles. The van der Waals surface area contributed by atoms with E-state index in [1.54, 1.807) is 0 Å². The van der Waals surface area contributed by atoms with Crippen molar-refractivity contribution in [2.45, 2.75) is 20.3 Å². The number of aromatic nitrogens is 2. The van der Waals surface area contributed by atoms with Crippen LogP contribution in [0.5, 0.6) is 0 Å². The number of morpholine rings is 1. The number of hydrogen-bond acceptors (Lipinski definition) is 7. The van der Waals surface area contributed by atoms with Crippen LogP contribution in [0.15, 0.2) is 18.3 Å². The molecule has 1 amide bonds. The zero-order valence-electron chi connectivity index (χ0n) is 16.6. The Morgan fingerprint density at radius 1 is 1.07 bits per heavy atom. The number of nitrogens with zero attached hydrogens (tertiary/aromatic N) is 5. The molecule has 0 N–H and O–H groups in total. The van der Waals surface area contributed by atoms with Gasteiger partial charge in [-0.2, -0.15) is 0 Å². The Bertz CT molecular complexity index is 834. The molecule has 2 aromatic rings. The van der Waals surface area contributed by atoms with Gasteiger partial charge in [0.15, 0.2) is 5.13 Å². The molecule has 0 aromatic carbocycles. The number of anilines is 2. The summed E-state index contributed by atoms with van der Waals surface area (Å²) < 4.78 is 5.42. The van der Waals surface area contributed by atoms with Gasteiger partial charge in [0, 0.05) is 56.8 Å². The zero-order chi connectivity index (χ0) is 19.5. The Morgan fingerprint density at radius 3 is 2.68 bits per heavy atom. The van der Waals surface area contributed by atoms with Crippen molar-refractivity contribution >= 4 is 28.1 Å². The van der Waals surface area contributed by atoms with Gasteiger partial charge < -0.3 is 19.4 Å². The lowest BCUT2D eigenvalue weighted by Gasteiger charge is -2.26. The summed E-state index contributed by atoms with van der Waals surface area (Å²) in [6, 6.07) is 4.16. The minimum absolute atomic E-state index is 0.113. The first kappa shape index (κ1) is 19.1. The van der Waals surface area contributed by atoms with Crippen LogP contribution in [0.3, 0.4) is 0 Å². The minimum atomic E-state index is 0.113. The Kier molecular flexibility index (Phi) is 5.77. The van der Waals surface area contributed by atoms with Crippen molar-refractivity contribution in [2.24, 2.45) is 0 Å². The topological polar surface area (TPSA) is 61.8 Å². The lowest BCUT2D eigenvalue weighted by Crippen LogP contribution is -2.36. The Labute approximate surface area is 169 Å². The summed E-state index contributed by atoms with van der Waals surface area (Å²) in [4.78, 5) is 29.5. The molecule has 7 nitrogen and oxygen atoms in total. The van der Waals surface area contributed by atoms with Gasteiger partial charge in [0.25, 0.3) is 5.91 Å². The first-order chi connectivity index (χ1) is 13.6. The number of carbonyl (C=O) groups is 1. The summed E-state index contributed by atoms with van der Waals surface area (Å²) >= 11 is 1.52. The average molecular weight is 402 g/mol. The fourth-order valence-corrected chi connectivity index (χ4v) is 4.81. The van der Waals surface area contributed by atoms with Gasteiger partial charge in [-0.15, -0.1) is 0 Å². The van der Waals surface area contributed by atoms with Crippen LogP contribution < -0.4 is 9.80 Å². The first-order valence-electron chi connectivity index (χ1n) is 9.89. The van der Waals surface area contributed by atoms with Gasteiger partial charge >= 0.3 is 0 Å². The van der Waals surface area contributed by atoms with E-state index in [1.165, 1.54) is 17.0 Å². The van der Waals surface area contributed by atoms with Gasteiger partial charge in [-0.05, 0) is 32.4 Å². The van der Waals surface area contributed by atoms with E-state index in [0.29, 0.717) is 0 Å².